The molecule has 1 aromatic rings. The molecule has 21 heavy (non-hydrogen) atoms. The van der Waals surface area contributed by atoms with Crippen LogP contribution < -0.4 is 10.6 Å². The fourth-order valence-electron chi connectivity index (χ4n) is 2.18. The lowest BCUT2D eigenvalue weighted by atomic mass is 10.4. The highest BCUT2D eigenvalue weighted by Gasteiger charge is 2.28. The smallest absolute Gasteiger partial charge is 0.351 e. The molecule has 0 radical (unpaired) electrons. The lowest BCUT2D eigenvalue weighted by Gasteiger charge is -2.19. The fraction of sp³-hybridized carbons (Fsp3) is 0.714. The standard InChI is InChI=1S/C14H23N3O3S/c1-4-7-16(3)11-6-8-17(14(18)15-11)12-10-21-13(20-12)9-19-5-2/h6,8,12-13H,4-5,7,9-10H2,1-3H3/t12-,13+/m1/s1. The van der Waals surface area contributed by atoms with Crippen molar-refractivity contribution in [3.05, 3.63) is 22.7 Å². The minimum Gasteiger partial charge on any atom is -0.378 e. The Balaban J connectivity index is 2.03. The van der Waals surface area contributed by atoms with Gasteiger partial charge in [-0.05, 0) is 19.4 Å². The van der Waals surface area contributed by atoms with Crippen LogP contribution in [0.15, 0.2) is 17.1 Å². The number of aromatic nitrogens is 2. The van der Waals surface area contributed by atoms with E-state index in [2.05, 4.69) is 11.9 Å². The average Bonchev–Trinajstić information content (AvgIpc) is 2.93. The van der Waals surface area contributed by atoms with Crippen LogP contribution >= 0.6 is 11.8 Å². The van der Waals surface area contributed by atoms with Crippen molar-refractivity contribution < 1.29 is 9.47 Å². The van der Waals surface area contributed by atoms with Gasteiger partial charge in [-0.3, -0.25) is 4.57 Å². The Kier molecular flexibility index (Phi) is 6.08. The summed E-state index contributed by atoms with van der Waals surface area (Å²) in [6.45, 7) is 6.15. The Morgan fingerprint density at radius 3 is 3.05 bits per heavy atom. The van der Waals surface area contributed by atoms with Crippen LogP contribution in [0.4, 0.5) is 5.82 Å². The molecular formula is C14H23N3O3S. The molecule has 7 heteroatoms. The normalized spacial score (nSPS) is 21.7. The summed E-state index contributed by atoms with van der Waals surface area (Å²) in [6.07, 6.45) is 2.53. The van der Waals surface area contributed by atoms with Crippen LogP contribution in [0.2, 0.25) is 0 Å². The van der Waals surface area contributed by atoms with Crippen molar-refractivity contribution in [2.45, 2.75) is 31.9 Å². The van der Waals surface area contributed by atoms with E-state index in [9.17, 15) is 4.79 Å². The molecule has 6 nitrogen and oxygen atoms in total. The van der Waals surface area contributed by atoms with Gasteiger partial charge < -0.3 is 14.4 Å². The zero-order chi connectivity index (χ0) is 15.2. The number of rotatable bonds is 7. The Labute approximate surface area is 129 Å². The first-order valence-electron chi connectivity index (χ1n) is 7.30. The van der Waals surface area contributed by atoms with E-state index in [1.807, 2.05) is 24.9 Å². The second-order valence-electron chi connectivity index (χ2n) is 4.91. The molecule has 1 aromatic heterocycles. The molecule has 118 valence electrons. The van der Waals surface area contributed by atoms with Gasteiger partial charge >= 0.3 is 5.69 Å². The Bertz CT molecular complexity index is 508. The Morgan fingerprint density at radius 1 is 1.57 bits per heavy atom. The summed E-state index contributed by atoms with van der Waals surface area (Å²) < 4.78 is 12.7. The number of anilines is 1. The Morgan fingerprint density at radius 2 is 2.38 bits per heavy atom. The van der Waals surface area contributed by atoms with E-state index in [1.165, 1.54) is 0 Å². The Hall–Kier alpha value is -1.05. The maximum absolute atomic E-state index is 12.2. The van der Waals surface area contributed by atoms with Crippen molar-refractivity contribution in [2.75, 3.05) is 37.5 Å². The zero-order valence-corrected chi connectivity index (χ0v) is 13.6. The summed E-state index contributed by atoms with van der Waals surface area (Å²) in [5.74, 6) is 1.44. The van der Waals surface area contributed by atoms with Gasteiger partial charge in [0.2, 0.25) is 0 Å². The van der Waals surface area contributed by atoms with Gasteiger partial charge in [-0.25, -0.2) is 4.79 Å². The molecule has 0 aliphatic carbocycles. The first kappa shape index (κ1) is 16.3. The quantitative estimate of drug-likeness (QED) is 0.764. The van der Waals surface area contributed by atoms with E-state index in [0.29, 0.717) is 19.0 Å². The maximum atomic E-state index is 12.2. The predicted molar refractivity (Wildman–Crippen MR) is 84.9 cm³/mol. The van der Waals surface area contributed by atoms with Crippen molar-refractivity contribution in [3.8, 4) is 0 Å². The molecule has 1 aliphatic rings. The van der Waals surface area contributed by atoms with Crippen molar-refractivity contribution in [1.29, 1.82) is 0 Å². The summed E-state index contributed by atoms with van der Waals surface area (Å²) in [4.78, 5) is 18.3. The van der Waals surface area contributed by atoms with E-state index >= 15 is 0 Å². The van der Waals surface area contributed by atoms with E-state index in [0.717, 1.165) is 18.7 Å². The van der Waals surface area contributed by atoms with E-state index in [4.69, 9.17) is 9.47 Å². The number of thioether (sulfide) groups is 1. The van der Waals surface area contributed by atoms with Crippen molar-refractivity contribution in [2.24, 2.45) is 0 Å². The molecule has 0 amide bonds. The van der Waals surface area contributed by atoms with Gasteiger partial charge in [-0.2, -0.15) is 4.98 Å². The van der Waals surface area contributed by atoms with Gasteiger partial charge in [-0.1, -0.05) is 6.92 Å². The number of hydrogen-bond donors (Lipinski definition) is 0. The molecule has 0 saturated carbocycles. The largest absolute Gasteiger partial charge is 0.378 e. The van der Waals surface area contributed by atoms with Gasteiger partial charge in [0.05, 0.1) is 6.61 Å². The average molecular weight is 313 g/mol. The topological polar surface area (TPSA) is 56.6 Å². The zero-order valence-electron chi connectivity index (χ0n) is 12.8. The second kappa shape index (κ2) is 7.82. The third-order valence-corrected chi connectivity index (χ3v) is 4.36. The van der Waals surface area contributed by atoms with Gasteiger partial charge in [0, 0.05) is 32.1 Å². The first-order chi connectivity index (χ1) is 10.2. The van der Waals surface area contributed by atoms with Crippen LogP contribution in [0, 0.1) is 0 Å². The minimum atomic E-state index is -0.266. The lowest BCUT2D eigenvalue weighted by molar-refractivity contribution is -0.0226. The highest BCUT2D eigenvalue weighted by Crippen LogP contribution is 2.31. The molecule has 0 spiro atoms. The van der Waals surface area contributed by atoms with Gasteiger partial charge in [-0.15, -0.1) is 11.8 Å². The molecule has 1 saturated heterocycles. The highest BCUT2D eigenvalue weighted by atomic mass is 32.2. The number of nitrogens with zero attached hydrogens (tertiary/aromatic N) is 3. The fourth-order valence-corrected chi connectivity index (χ4v) is 3.19. The lowest BCUT2D eigenvalue weighted by Crippen LogP contribution is -2.31. The predicted octanol–water partition coefficient (Wildman–Crippen LogP) is 1.71. The summed E-state index contributed by atoms with van der Waals surface area (Å²) >= 11 is 1.67. The van der Waals surface area contributed by atoms with Crippen molar-refractivity contribution in [1.82, 2.24) is 9.55 Å². The van der Waals surface area contributed by atoms with Crippen LogP contribution in [-0.4, -0.2) is 47.5 Å². The van der Waals surface area contributed by atoms with E-state index in [1.54, 1.807) is 22.5 Å². The first-order valence-corrected chi connectivity index (χ1v) is 8.35. The van der Waals surface area contributed by atoms with Gasteiger partial charge in [0.25, 0.3) is 0 Å². The molecule has 2 heterocycles. The second-order valence-corrected chi connectivity index (χ2v) is 6.10. The van der Waals surface area contributed by atoms with Crippen LogP contribution in [0.5, 0.6) is 0 Å². The number of ether oxygens (including phenoxy) is 2. The molecule has 0 bridgehead atoms. The van der Waals surface area contributed by atoms with Crippen molar-refractivity contribution >= 4 is 17.6 Å². The van der Waals surface area contributed by atoms with Gasteiger partial charge in [0.15, 0.2) is 0 Å². The SMILES string of the molecule is CCCN(C)c1ccn([C@H]2CS[C@@H](COCC)O2)c(=O)n1. The van der Waals surface area contributed by atoms with E-state index < -0.39 is 0 Å². The molecule has 1 aliphatic heterocycles. The minimum absolute atomic E-state index is 0.00992. The number of hydrogen-bond acceptors (Lipinski definition) is 6. The summed E-state index contributed by atoms with van der Waals surface area (Å²) in [7, 11) is 1.94. The third-order valence-electron chi connectivity index (χ3n) is 3.27. The molecule has 0 aromatic carbocycles. The summed E-state index contributed by atoms with van der Waals surface area (Å²) in [5, 5.41) is 0. The van der Waals surface area contributed by atoms with E-state index in [-0.39, 0.29) is 17.4 Å². The summed E-state index contributed by atoms with van der Waals surface area (Å²) in [5.41, 5.74) is -0.276. The van der Waals surface area contributed by atoms with Crippen LogP contribution in [0.1, 0.15) is 26.5 Å². The molecule has 2 rings (SSSR count). The maximum Gasteiger partial charge on any atom is 0.351 e. The van der Waals surface area contributed by atoms with Crippen molar-refractivity contribution in [3.63, 3.8) is 0 Å². The van der Waals surface area contributed by atoms with Gasteiger partial charge in [0.1, 0.15) is 17.5 Å². The molecule has 0 unspecified atom stereocenters. The molecular weight excluding hydrogens is 290 g/mol. The van der Waals surface area contributed by atoms with Crippen LogP contribution in [0.25, 0.3) is 0 Å². The van der Waals surface area contributed by atoms with Crippen LogP contribution in [-0.2, 0) is 9.47 Å². The third kappa shape index (κ3) is 4.21. The highest BCUT2D eigenvalue weighted by molar-refractivity contribution is 8.00. The molecule has 1 fully saturated rings. The molecule has 0 N–H and O–H groups in total. The monoisotopic (exact) mass is 313 g/mol. The summed E-state index contributed by atoms with van der Waals surface area (Å²) in [6, 6.07) is 1.86. The van der Waals surface area contributed by atoms with Crippen LogP contribution in [0.3, 0.4) is 0 Å². The molecule has 2 atom stereocenters.